The zero-order valence-corrected chi connectivity index (χ0v) is 8.12. The van der Waals surface area contributed by atoms with Crippen LogP contribution in [0.2, 0.25) is 0 Å². The lowest BCUT2D eigenvalue weighted by Crippen LogP contribution is -2.18. The number of carbonyl (C=O) groups excluding carboxylic acids is 1. The number of hydrogen-bond donors (Lipinski definition) is 1. The van der Waals surface area contributed by atoms with Crippen molar-refractivity contribution < 1.29 is 4.79 Å². The van der Waals surface area contributed by atoms with Gasteiger partial charge in [-0.05, 0) is 25.3 Å². The van der Waals surface area contributed by atoms with Crippen molar-refractivity contribution in [3.63, 3.8) is 0 Å². The van der Waals surface area contributed by atoms with Gasteiger partial charge < -0.3 is 0 Å². The van der Waals surface area contributed by atoms with E-state index < -0.39 is 0 Å². The Morgan fingerprint density at radius 3 is 2.82 bits per heavy atom. The van der Waals surface area contributed by atoms with Crippen molar-refractivity contribution in [3.8, 4) is 0 Å². The summed E-state index contributed by atoms with van der Waals surface area (Å²) in [5.74, 6) is 0. The first-order valence-corrected chi connectivity index (χ1v) is 5.04. The van der Waals surface area contributed by atoms with E-state index in [-0.39, 0.29) is 0 Å². The Morgan fingerprint density at radius 2 is 2.27 bits per heavy atom. The van der Waals surface area contributed by atoms with E-state index in [2.05, 4.69) is 18.6 Å². The Kier molecular flexibility index (Phi) is 8.07. The first-order chi connectivity index (χ1) is 5.31. The van der Waals surface area contributed by atoms with Gasteiger partial charge in [-0.25, -0.2) is 0 Å². The molecule has 0 amide bonds. The lowest BCUT2D eigenvalue weighted by atomic mass is 10.1. The van der Waals surface area contributed by atoms with Crippen molar-refractivity contribution in [1.82, 2.24) is 4.72 Å². The van der Waals surface area contributed by atoms with Crippen LogP contribution >= 0.6 is 11.9 Å². The van der Waals surface area contributed by atoms with E-state index in [1.165, 1.54) is 19.3 Å². The average Bonchev–Trinajstić information content (AvgIpc) is 2.01. The van der Waals surface area contributed by atoms with E-state index in [1.807, 2.05) is 0 Å². The maximum Gasteiger partial charge on any atom is 0.191 e. The molecule has 3 heteroatoms. The summed E-state index contributed by atoms with van der Waals surface area (Å²) in [5, 5.41) is 0. The summed E-state index contributed by atoms with van der Waals surface area (Å²) in [5.41, 5.74) is 0.830. The number of unbranched alkanes of at least 4 members (excludes halogenated alkanes) is 2. The van der Waals surface area contributed by atoms with Crippen LogP contribution in [0, 0.1) is 0 Å². The van der Waals surface area contributed by atoms with Crippen LogP contribution < -0.4 is 4.72 Å². The van der Waals surface area contributed by atoms with Gasteiger partial charge in [0.1, 0.15) is 0 Å². The van der Waals surface area contributed by atoms with E-state index in [9.17, 15) is 4.79 Å². The molecule has 0 saturated heterocycles. The van der Waals surface area contributed by atoms with Crippen LogP contribution in [-0.2, 0) is 4.79 Å². The van der Waals surface area contributed by atoms with E-state index in [1.54, 1.807) is 0 Å². The van der Waals surface area contributed by atoms with Gasteiger partial charge in [-0.1, -0.05) is 26.2 Å². The SMILES string of the molecule is CCCCCC(C)NSC=O. The Morgan fingerprint density at radius 1 is 1.55 bits per heavy atom. The Hall–Kier alpha value is -0.0200. The normalized spacial score (nSPS) is 12.9. The number of nitrogens with one attached hydrogen (secondary N) is 1. The molecule has 1 unspecified atom stereocenters. The molecule has 1 N–H and O–H groups in total. The quantitative estimate of drug-likeness (QED) is 0.366. The predicted octanol–water partition coefficient (Wildman–Crippen LogP) is 2.38. The minimum Gasteiger partial charge on any atom is -0.290 e. The molecule has 11 heavy (non-hydrogen) atoms. The summed E-state index contributed by atoms with van der Waals surface area (Å²) < 4.78 is 3.04. The molecule has 0 aliphatic carbocycles. The number of carbonyl (C=O) groups is 1. The van der Waals surface area contributed by atoms with Crippen molar-refractivity contribution in [1.29, 1.82) is 0 Å². The Balaban J connectivity index is 3.08. The van der Waals surface area contributed by atoms with E-state index >= 15 is 0 Å². The zero-order chi connectivity index (χ0) is 8.53. The van der Waals surface area contributed by atoms with Crippen LogP contribution in [-0.4, -0.2) is 11.7 Å². The molecule has 0 heterocycles. The molecule has 66 valence electrons. The largest absolute Gasteiger partial charge is 0.290 e. The molecular weight excluding hydrogens is 158 g/mol. The first kappa shape index (κ1) is 11.0. The fourth-order valence-corrected chi connectivity index (χ4v) is 1.31. The molecule has 0 saturated carbocycles. The average molecular weight is 175 g/mol. The van der Waals surface area contributed by atoms with Gasteiger partial charge >= 0.3 is 0 Å². The van der Waals surface area contributed by atoms with Crippen LogP contribution in [0.5, 0.6) is 0 Å². The van der Waals surface area contributed by atoms with Crippen molar-refractivity contribution in [2.45, 2.75) is 45.6 Å². The van der Waals surface area contributed by atoms with Crippen molar-refractivity contribution in [3.05, 3.63) is 0 Å². The predicted molar refractivity (Wildman–Crippen MR) is 51.1 cm³/mol. The summed E-state index contributed by atoms with van der Waals surface area (Å²) in [6.45, 7) is 4.30. The second-order valence-corrected chi connectivity index (χ2v) is 3.39. The van der Waals surface area contributed by atoms with Gasteiger partial charge in [-0.15, -0.1) is 0 Å². The number of rotatable bonds is 7. The number of hydrogen-bond acceptors (Lipinski definition) is 3. The third-order valence-electron chi connectivity index (χ3n) is 1.56. The summed E-state index contributed by atoms with van der Waals surface area (Å²) in [7, 11) is 0. The minimum absolute atomic E-state index is 0.455. The first-order valence-electron chi connectivity index (χ1n) is 4.16. The maximum atomic E-state index is 9.94. The molecule has 0 spiro atoms. The molecule has 0 radical (unpaired) electrons. The Bertz CT molecular complexity index is 98.1. The van der Waals surface area contributed by atoms with Gasteiger partial charge in [0.05, 0.1) is 0 Å². The molecule has 0 rings (SSSR count). The summed E-state index contributed by atoms with van der Waals surface area (Å²) in [4.78, 5) is 9.94. The molecule has 0 aromatic carbocycles. The molecule has 0 aromatic rings. The fourth-order valence-electron chi connectivity index (χ4n) is 0.903. The molecule has 2 nitrogen and oxygen atoms in total. The molecular formula is C8H17NOS. The van der Waals surface area contributed by atoms with Crippen LogP contribution in [0.4, 0.5) is 0 Å². The minimum atomic E-state index is 0.455. The van der Waals surface area contributed by atoms with Gasteiger partial charge in [0.2, 0.25) is 0 Å². The highest BCUT2D eigenvalue weighted by Gasteiger charge is 1.98. The monoisotopic (exact) mass is 175 g/mol. The molecule has 0 fully saturated rings. The summed E-state index contributed by atoms with van der Waals surface area (Å²) in [6.07, 6.45) is 4.96. The second kappa shape index (κ2) is 8.08. The lowest BCUT2D eigenvalue weighted by molar-refractivity contribution is 0.562. The third-order valence-corrected chi connectivity index (χ3v) is 2.19. The van der Waals surface area contributed by atoms with E-state index in [0.29, 0.717) is 6.04 Å². The van der Waals surface area contributed by atoms with E-state index in [0.717, 1.165) is 24.0 Å². The van der Waals surface area contributed by atoms with Gasteiger partial charge in [-0.2, -0.15) is 0 Å². The van der Waals surface area contributed by atoms with Crippen LogP contribution in [0.15, 0.2) is 0 Å². The second-order valence-electron chi connectivity index (χ2n) is 2.73. The summed E-state index contributed by atoms with van der Waals surface area (Å²) >= 11 is 1.14. The highest BCUT2D eigenvalue weighted by molar-refractivity contribution is 8.10. The standard InChI is InChI=1S/C8H17NOS/c1-3-4-5-6-8(2)9-11-7-10/h7-9H,3-6H2,1-2H3. The van der Waals surface area contributed by atoms with E-state index in [4.69, 9.17) is 0 Å². The summed E-state index contributed by atoms with van der Waals surface area (Å²) in [6, 6.07) is 0.455. The van der Waals surface area contributed by atoms with Crippen molar-refractivity contribution in [2.75, 3.05) is 0 Å². The zero-order valence-electron chi connectivity index (χ0n) is 7.30. The van der Waals surface area contributed by atoms with Gasteiger partial charge in [0.25, 0.3) is 0 Å². The molecule has 0 aliphatic rings. The highest BCUT2D eigenvalue weighted by Crippen LogP contribution is 2.04. The van der Waals surface area contributed by atoms with Crippen LogP contribution in [0.3, 0.4) is 0 Å². The molecule has 0 bridgehead atoms. The molecule has 0 aromatic heterocycles. The van der Waals surface area contributed by atoms with Gasteiger partial charge in [0, 0.05) is 6.04 Å². The van der Waals surface area contributed by atoms with Crippen LogP contribution in [0.25, 0.3) is 0 Å². The highest BCUT2D eigenvalue weighted by atomic mass is 32.2. The Labute approximate surface area is 73.3 Å². The molecule has 1 atom stereocenters. The third kappa shape index (κ3) is 7.88. The van der Waals surface area contributed by atoms with Crippen molar-refractivity contribution in [2.24, 2.45) is 0 Å². The van der Waals surface area contributed by atoms with Crippen molar-refractivity contribution >= 4 is 17.6 Å². The topological polar surface area (TPSA) is 29.1 Å². The van der Waals surface area contributed by atoms with Gasteiger partial charge in [0.15, 0.2) is 5.62 Å². The van der Waals surface area contributed by atoms with Gasteiger partial charge in [-0.3, -0.25) is 9.52 Å². The maximum absolute atomic E-state index is 9.94. The smallest absolute Gasteiger partial charge is 0.191 e. The van der Waals surface area contributed by atoms with Crippen LogP contribution in [0.1, 0.15) is 39.5 Å². The lowest BCUT2D eigenvalue weighted by Gasteiger charge is -2.09. The fraction of sp³-hybridized carbons (Fsp3) is 0.875. The molecule has 0 aliphatic heterocycles.